The molecular formula is C13H18N4O6. The second-order valence-corrected chi connectivity index (χ2v) is 5.39. The van der Waals surface area contributed by atoms with Gasteiger partial charge in [-0.3, -0.25) is 9.36 Å². The fourth-order valence-corrected chi connectivity index (χ4v) is 2.52. The number of carboxylic acids is 1. The molecule has 1 aliphatic rings. The Labute approximate surface area is 131 Å². The number of hydrogen-bond acceptors (Lipinski definition) is 6. The van der Waals surface area contributed by atoms with E-state index in [9.17, 15) is 24.8 Å². The molecule has 0 aromatic carbocycles. The summed E-state index contributed by atoms with van der Waals surface area (Å²) in [5.41, 5.74) is 0. The Bertz CT molecular complexity index is 608. The Balaban J connectivity index is 2.01. The Kier molecular flexibility index (Phi) is 5.27. The van der Waals surface area contributed by atoms with Crippen molar-refractivity contribution in [3.63, 3.8) is 0 Å². The van der Waals surface area contributed by atoms with Crippen molar-refractivity contribution < 1.29 is 24.4 Å². The highest BCUT2D eigenvalue weighted by atomic mass is 16.6. The summed E-state index contributed by atoms with van der Waals surface area (Å²) in [7, 11) is 0. The number of aliphatic carboxylic acids is 1. The number of ether oxygens (including phenoxy) is 1. The van der Waals surface area contributed by atoms with Crippen LogP contribution in [0, 0.1) is 23.0 Å². The number of nitro groups is 1. The van der Waals surface area contributed by atoms with Gasteiger partial charge in [0, 0.05) is 19.4 Å². The van der Waals surface area contributed by atoms with Gasteiger partial charge >= 0.3 is 11.8 Å². The molecule has 1 aromatic heterocycles. The van der Waals surface area contributed by atoms with Crippen LogP contribution in [0.2, 0.25) is 0 Å². The van der Waals surface area contributed by atoms with Crippen LogP contribution in [0.15, 0.2) is 6.20 Å². The van der Waals surface area contributed by atoms with E-state index in [-0.39, 0.29) is 24.9 Å². The lowest BCUT2D eigenvalue weighted by atomic mass is 9.93. The molecule has 0 spiro atoms. The number of carbonyl (C=O) groups excluding carboxylic acids is 1. The highest BCUT2D eigenvalue weighted by molar-refractivity contribution is 5.83. The number of carbonyl (C=O) groups is 2. The number of nitrogens with one attached hydrogen (secondary N) is 1. The summed E-state index contributed by atoms with van der Waals surface area (Å²) in [5.74, 6) is -2.01. The van der Waals surface area contributed by atoms with E-state index < -0.39 is 22.8 Å². The first-order valence-corrected chi connectivity index (χ1v) is 7.16. The van der Waals surface area contributed by atoms with Crippen LogP contribution < -0.4 is 5.32 Å². The molecule has 2 atom stereocenters. The summed E-state index contributed by atoms with van der Waals surface area (Å²) in [6, 6.07) is -1.04. The smallest absolute Gasteiger partial charge is 0.381 e. The van der Waals surface area contributed by atoms with Gasteiger partial charge in [0.25, 0.3) is 0 Å². The number of rotatable bonds is 6. The Morgan fingerprint density at radius 2 is 2.39 bits per heavy atom. The molecule has 23 heavy (non-hydrogen) atoms. The van der Waals surface area contributed by atoms with Crippen LogP contribution in [0.5, 0.6) is 0 Å². The minimum atomic E-state index is -1.12. The van der Waals surface area contributed by atoms with Crippen molar-refractivity contribution in [1.29, 1.82) is 0 Å². The van der Waals surface area contributed by atoms with Gasteiger partial charge in [-0.15, -0.1) is 0 Å². The molecule has 1 aliphatic heterocycles. The van der Waals surface area contributed by atoms with Crippen LogP contribution in [0.4, 0.5) is 5.82 Å². The molecule has 1 saturated heterocycles. The highest BCUT2D eigenvalue weighted by Gasteiger charge is 2.31. The summed E-state index contributed by atoms with van der Waals surface area (Å²) < 4.78 is 6.57. The number of carboxylic acid groups (broad SMARTS) is 1. The van der Waals surface area contributed by atoms with Crippen molar-refractivity contribution in [2.24, 2.45) is 5.92 Å². The minimum absolute atomic E-state index is 0.232. The highest BCUT2D eigenvalue weighted by Crippen LogP contribution is 2.18. The third-order valence-corrected chi connectivity index (χ3v) is 3.71. The maximum absolute atomic E-state index is 12.1. The van der Waals surface area contributed by atoms with Gasteiger partial charge in [0.2, 0.25) is 11.7 Å². The van der Waals surface area contributed by atoms with Crippen LogP contribution in [0.1, 0.15) is 18.7 Å². The maximum atomic E-state index is 12.1. The number of nitrogens with zero attached hydrogens (tertiary/aromatic N) is 3. The van der Waals surface area contributed by atoms with Crippen LogP contribution in [0.25, 0.3) is 0 Å². The van der Waals surface area contributed by atoms with Crippen LogP contribution in [-0.2, 0) is 20.9 Å². The van der Waals surface area contributed by atoms with E-state index in [2.05, 4.69) is 10.3 Å². The first kappa shape index (κ1) is 16.9. The third-order valence-electron chi connectivity index (χ3n) is 3.71. The molecule has 2 N–H and O–H groups in total. The molecular weight excluding hydrogens is 308 g/mol. The van der Waals surface area contributed by atoms with Crippen molar-refractivity contribution in [2.45, 2.75) is 32.4 Å². The summed E-state index contributed by atoms with van der Waals surface area (Å²) in [5, 5.41) is 22.4. The summed E-state index contributed by atoms with van der Waals surface area (Å²) in [4.78, 5) is 37.2. The third kappa shape index (κ3) is 4.25. The summed E-state index contributed by atoms with van der Waals surface area (Å²) in [6.45, 7) is 2.18. The first-order chi connectivity index (χ1) is 10.9. The molecule has 1 amide bonds. The molecule has 2 heterocycles. The number of amides is 1. The van der Waals surface area contributed by atoms with E-state index >= 15 is 0 Å². The van der Waals surface area contributed by atoms with Gasteiger partial charge in [-0.25, -0.2) is 4.79 Å². The Morgan fingerprint density at radius 1 is 1.65 bits per heavy atom. The number of hydrogen-bond donors (Lipinski definition) is 2. The molecule has 2 unspecified atom stereocenters. The van der Waals surface area contributed by atoms with Gasteiger partial charge in [-0.1, -0.05) is 0 Å². The summed E-state index contributed by atoms with van der Waals surface area (Å²) in [6.07, 6.45) is 2.55. The van der Waals surface area contributed by atoms with Gasteiger partial charge < -0.3 is 25.3 Å². The van der Waals surface area contributed by atoms with Gasteiger partial charge in [-0.2, -0.15) is 0 Å². The molecule has 126 valence electrons. The lowest BCUT2D eigenvalue weighted by molar-refractivity contribution is -0.389. The summed E-state index contributed by atoms with van der Waals surface area (Å²) >= 11 is 0. The molecule has 0 aliphatic carbocycles. The van der Waals surface area contributed by atoms with Crippen molar-refractivity contribution in [1.82, 2.24) is 14.9 Å². The average Bonchev–Trinajstić information content (AvgIpc) is 2.87. The lowest BCUT2D eigenvalue weighted by Gasteiger charge is -2.28. The van der Waals surface area contributed by atoms with Gasteiger partial charge in [0.05, 0.1) is 6.61 Å². The standard InChI is InChI=1S/C13H18N4O6/c1-8-14-10(17(21)22)5-16(8)6-11(18)15-12(13(19)20)9-3-2-4-23-7-9/h5,9,12H,2-4,6-7H2,1H3,(H,15,18)(H,19,20). The van der Waals surface area contributed by atoms with Crippen LogP contribution in [-0.4, -0.2) is 50.7 Å². The van der Waals surface area contributed by atoms with E-state index in [0.717, 1.165) is 12.6 Å². The zero-order valence-electron chi connectivity index (χ0n) is 12.6. The lowest BCUT2D eigenvalue weighted by Crippen LogP contribution is -2.49. The van der Waals surface area contributed by atoms with Crippen LogP contribution in [0.3, 0.4) is 0 Å². The second kappa shape index (κ2) is 7.18. The molecule has 1 fully saturated rings. The van der Waals surface area contributed by atoms with Gasteiger partial charge in [0.15, 0.2) is 0 Å². The molecule has 0 radical (unpaired) electrons. The SMILES string of the molecule is Cc1nc([N+](=O)[O-])cn1CC(=O)NC(C(=O)O)C1CCCOC1. The quantitative estimate of drug-likeness (QED) is 0.558. The normalized spacial score (nSPS) is 19.1. The van der Waals surface area contributed by atoms with Crippen LogP contribution >= 0.6 is 0 Å². The zero-order valence-corrected chi connectivity index (χ0v) is 12.6. The molecule has 1 aromatic rings. The van der Waals surface area contributed by atoms with Crippen molar-refractivity contribution >= 4 is 17.7 Å². The van der Waals surface area contributed by atoms with Gasteiger partial charge in [0.1, 0.15) is 18.8 Å². The Morgan fingerprint density at radius 3 is 2.91 bits per heavy atom. The van der Waals surface area contributed by atoms with E-state index in [0.29, 0.717) is 18.9 Å². The maximum Gasteiger partial charge on any atom is 0.381 e. The molecule has 10 nitrogen and oxygen atoms in total. The monoisotopic (exact) mass is 326 g/mol. The average molecular weight is 326 g/mol. The molecule has 0 bridgehead atoms. The molecule has 0 saturated carbocycles. The van der Waals surface area contributed by atoms with Crippen molar-refractivity contribution in [3.8, 4) is 0 Å². The fourth-order valence-electron chi connectivity index (χ4n) is 2.52. The van der Waals surface area contributed by atoms with E-state index in [1.807, 2.05) is 0 Å². The first-order valence-electron chi connectivity index (χ1n) is 7.16. The largest absolute Gasteiger partial charge is 0.480 e. The predicted octanol–water partition coefficient (Wildman–Crippen LogP) is 0.0957. The van der Waals surface area contributed by atoms with Crippen molar-refractivity contribution in [2.75, 3.05) is 13.2 Å². The van der Waals surface area contributed by atoms with Crippen molar-refractivity contribution in [3.05, 3.63) is 22.1 Å². The number of aromatic nitrogens is 2. The van der Waals surface area contributed by atoms with E-state index in [1.165, 1.54) is 11.5 Å². The van der Waals surface area contributed by atoms with Gasteiger partial charge in [-0.05, 0) is 22.7 Å². The topological polar surface area (TPSA) is 137 Å². The number of aryl methyl sites for hydroxylation is 1. The second-order valence-electron chi connectivity index (χ2n) is 5.39. The minimum Gasteiger partial charge on any atom is -0.480 e. The van der Waals surface area contributed by atoms with E-state index in [4.69, 9.17) is 4.74 Å². The number of imidazole rings is 1. The fraction of sp³-hybridized carbons (Fsp3) is 0.615. The Hall–Kier alpha value is -2.49. The molecule has 10 heteroatoms. The predicted molar refractivity (Wildman–Crippen MR) is 76.7 cm³/mol. The van der Waals surface area contributed by atoms with E-state index in [1.54, 1.807) is 0 Å². The zero-order chi connectivity index (χ0) is 17.0. The molecule has 2 rings (SSSR count).